The molecule has 1 saturated carbocycles. The van der Waals surface area contributed by atoms with E-state index in [4.69, 9.17) is 16.7 Å². The fourth-order valence-corrected chi connectivity index (χ4v) is 5.55. The molecule has 2 N–H and O–H groups in total. The van der Waals surface area contributed by atoms with E-state index in [0.29, 0.717) is 10.8 Å². The molecule has 0 amide bonds. The van der Waals surface area contributed by atoms with E-state index >= 15 is 0 Å². The molecule has 0 saturated heterocycles. The van der Waals surface area contributed by atoms with Gasteiger partial charge in [0.1, 0.15) is 4.90 Å². The number of hydrogen-bond donors (Lipinski definition) is 2. The smallest absolute Gasteiger partial charge is 0.242 e. The Morgan fingerprint density at radius 1 is 1.43 bits per heavy atom. The first-order valence-corrected chi connectivity index (χ1v) is 9.90. The van der Waals surface area contributed by atoms with Crippen molar-refractivity contribution in [2.75, 3.05) is 5.75 Å². The van der Waals surface area contributed by atoms with Crippen LogP contribution in [-0.4, -0.2) is 30.6 Å². The monoisotopic (exact) mass is 349 g/mol. The largest absolute Gasteiger partial charge is 0.392 e. The van der Waals surface area contributed by atoms with E-state index in [9.17, 15) is 8.42 Å². The fraction of sp³-hybridized carbons (Fsp3) is 0.571. The van der Waals surface area contributed by atoms with Crippen LogP contribution in [0.4, 0.5) is 0 Å². The van der Waals surface area contributed by atoms with E-state index in [2.05, 4.69) is 11.6 Å². The zero-order valence-corrected chi connectivity index (χ0v) is 14.3. The van der Waals surface area contributed by atoms with Gasteiger partial charge in [-0.1, -0.05) is 24.6 Å². The van der Waals surface area contributed by atoms with Crippen LogP contribution in [0.15, 0.2) is 23.1 Å². The van der Waals surface area contributed by atoms with Gasteiger partial charge in [0.15, 0.2) is 0 Å². The first-order chi connectivity index (χ1) is 9.96. The van der Waals surface area contributed by atoms with Crippen molar-refractivity contribution < 1.29 is 13.5 Å². The average molecular weight is 350 g/mol. The van der Waals surface area contributed by atoms with Crippen LogP contribution in [0.3, 0.4) is 0 Å². The topological polar surface area (TPSA) is 66.4 Å². The summed E-state index contributed by atoms with van der Waals surface area (Å²) < 4.78 is 27.7. The SMILES string of the molecule is CCSC1CCC(NS(=O)(=O)c2cc(CO)ccc2Cl)C1. The lowest BCUT2D eigenvalue weighted by Gasteiger charge is -2.15. The molecule has 21 heavy (non-hydrogen) atoms. The van der Waals surface area contributed by atoms with Crippen molar-refractivity contribution in [2.24, 2.45) is 0 Å². The molecule has 7 heteroatoms. The number of benzene rings is 1. The Bertz CT molecular complexity index is 592. The Morgan fingerprint density at radius 2 is 2.19 bits per heavy atom. The summed E-state index contributed by atoms with van der Waals surface area (Å²) in [4.78, 5) is 0.0438. The fourth-order valence-electron chi connectivity index (χ4n) is 2.57. The minimum absolute atomic E-state index is 0.0344. The predicted octanol–water partition coefficient (Wildman–Crippen LogP) is 2.78. The lowest BCUT2D eigenvalue weighted by Crippen LogP contribution is -2.33. The van der Waals surface area contributed by atoms with E-state index in [1.807, 2.05) is 11.8 Å². The lowest BCUT2D eigenvalue weighted by atomic mass is 10.2. The second-order valence-electron chi connectivity index (χ2n) is 5.13. The van der Waals surface area contributed by atoms with Crippen LogP contribution in [0.5, 0.6) is 0 Å². The summed E-state index contributed by atoms with van der Waals surface area (Å²) in [5, 5.41) is 9.84. The molecule has 1 aliphatic rings. The zero-order valence-electron chi connectivity index (χ0n) is 11.9. The van der Waals surface area contributed by atoms with E-state index in [1.54, 1.807) is 6.07 Å². The molecule has 1 aromatic rings. The molecule has 1 aliphatic carbocycles. The van der Waals surface area contributed by atoms with Gasteiger partial charge in [-0.05, 0) is 42.7 Å². The second-order valence-corrected chi connectivity index (χ2v) is 8.80. The summed E-state index contributed by atoms with van der Waals surface area (Å²) in [6.45, 7) is 1.90. The summed E-state index contributed by atoms with van der Waals surface area (Å²) >= 11 is 7.88. The molecular weight excluding hydrogens is 330 g/mol. The van der Waals surface area contributed by atoms with Crippen LogP contribution in [0.25, 0.3) is 0 Å². The number of sulfonamides is 1. The van der Waals surface area contributed by atoms with Gasteiger partial charge in [0.05, 0.1) is 11.6 Å². The average Bonchev–Trinajstić information content (AvgIpc) is 2.86. The van der Waals surface area contributed by atoms with Crippen LogP contribution in [0.2, 0.25) is 5.02 Å². The molecule has 118 valence electrons. The number of aliphatic hydroxyl groups is 1. The molecule has 0 bridgehead atoms. The minimum Gasteiger partial charge on any atom is -0.392 e. The van der Waals surface area contributed by atoms with Gasteiger partial charge in [-0.25, -0.2) is 13.1 Å². The van der Waals surface area contributed by atoms with Gasteiger partial charge in [-0.15, -0.1) is 0 Å². The summed E-state index contributed by atoms with van der Waals surface area (Å²) in [7, 11) is -3.65. The first-order valence-electron chi connectivity index (χ1n) is 6.99. The highest BCUT2D eigenvalue weighted by molar-refractivity contribution is 7.99. The summed E-state index contributed by atoms with van der Waals surface area (Å²) in [5.41, 5.74) is 0.533. The predicted molar refractivity (Wildman–Crippen MR) is 87.3 cm³/mol. The maximum atomic E-state index is 12.5. The standard InChI is InChI=1S/C14H20ClNO3S2/c1-2-20-12-5-4-11(8-12)16-21(18,19)14-7-10(9-17)3-6-13(14)15/h3,6-7,11-12,16-17H,2,4-5,8-9H2,1H3. The van der Waals surface area contributed by atoms with Crippen LogP contribution < -0.4 is 4.72 Å². The molecule has 0 heterocycles. The Kier molecular flexibility index (Phi) is 5.96. The van der Waals surface area contributed by atoms with E-state index in [1.165, 1.54) is 12.1 Å². The lowest BCUT2D eigenvalue weighted by molar-refractivity contribution is 0.281. The minimum atomic E-state index is -3.65. The van der Waals surface area contributed by atoms with Crippen molar-refractivity contribution >= 4 is 33.4 Å². The number of nitrogens with one attached hydrogen (secondary N) is 1. The number of thioether (sulfide) groups is 1. The summed E-state index contributed by atoms with van der Waals surface area (Å²) in [6.07, 6.45) is 2.75. The third-order valence-corrected chi connectivity index (χ3v) is 6.81. The first kappa shape index (κ1) is 17.1. The number of rotatable bonds is 6. The van der Waals surface area contributed by atoms with Crippen molar-refractivity contribution in [3.05, 3.63) is 28.8 Å². The van der Waals surface area contributed by atoms with E-state index < -0.39 is 10.0 Å². The molecule has 0 aliphatic heterocycles. The molecule has 0 spiro atoms. The van der Waals surface area contributed by atoms with Crippen molar-refractivity contribution in [1.82, 2.24) is 4.72 Å². The van der Waals surface area contributed by atoms with Gasteiger partial charge in [-0.2, -0.15) is 11.8 Å². The van der Waals surface area contributed by atoms with Crippen molar-refractivity contribution in [1.29, 1.82) is 0 Å². The molecule has 0 aromatic heterocycles. The van der Waals surface area contributed by atoms with Gasteiger partial charge in [0.2, 0.25) is 10.0 Å². The number of aliphatic hydroxyl groups excluding tert-OH is 1. The van der Waals surface area contributed by atoms with Crippen LogP contribution in [0, 0.1) is 0 Å². The normalized spacial score (nSPS) is 22.6. The summed E-state index contributed by atoms with van der Waals surface area (Å²) in [6, 6.07) is 4.52. The van der Waals surface area contributed by atoms with Gasteiger partial charge in [0, 0.05) is 11.3 Å². The second kappa shape index (κ2) is 7.33. The molecule has 2 atom stereocenters. The molecule has 4 nitrogen and oxygen atoms in total. The van der Waals surface area contributed by atoms with Crippen molar-refractivity contribution in [3.8, 4) is 0 Å². The maximum absolute atomic E-state index is 12.5. The maximum Gasteiger partial charge on any atom is 0.242 e. The quantitative estimate of drug-likeness (QED) is 0.828. The van der Waals surface area contributed by atoms with E-state index in [-0.39, 0.29) is 22.6 Å². The third kappa shape index (κ3) is 4.36. The van der Waals surface area contributed by atoms with Crippen LogP contribution in [0.1, 0.15) is 31.7 Å². The molecule has 1 aromatic carbocycles. The van der Waals surface area contributed by atoms with E-state index in [0.717, 1.165) is 25.0 Å². The highest BCUT2D eigenvalue weighted by Crippen LogP contribution is 2.31. The molecule has 1 fully saturated rings. The van der Waals surface area contributed by atoms with Crippen molar-refractivity contribution in [3.63, 3.8) is 0 Å². The summed E-state index contributed by atoms with van der Waals surface area (Å²) in [5.74, 6) is 1.05. The third-order valence-electron chi connectivity index (χ3n) is 3.58. The molecule has 0 radical (unpaired) electrons. The Hall–Kier alpha value is -0.270. The Labute approximate surface area is 135 Å². The van der Waals surface area contributed by atoms with Crippen LogP contribution >= 0.6 is 23.4 Å². The van der Waals surface area contributed by atoms with Crippen molar-refractivity contribution in [2.45, 2.75) is 49.0 Å². The van der Waals surface area contributed by atoms with Gasteiger partial charge < -0.3 is 5.11 Å². The Balaban J connectivity index is 2.12. The molecule has 2 rings (SSSR count). The molecular formula is C14H20ClNO3S2. The zero-order chi connectivity index (χ0) is 15.5. The number of hydrogen-bond acceptors (Lipinski definition) is 4. The number of halogens is 1. The van der Waals surface area contributed by atoms with Crippen LogP contribution in [-0.2, 0) is 16.6 Å². The highest BCUT2D eigenvalue weighted by Gasteiger charge is 2.29. The van der Waals surface area contributed by atoms with Gasteiger partial charge in [0.25, 0.3) is 0 Å². The molecule has 2 unspecified atom stereocenters. The van der Waals surface area contributed by atoms with Gasteiger partial charge in [-0.3, -0.25) is 0 Å². The highest BCUT2D eigenvalue weighted by atomic mass is 35.5. The van der Waals surface area contributed by atoms with Gasteiger partial charge >= 0.3 is 0 Å². The Morgan fingerprint density at radius 3 is 2.86 bits per heavy atom.